The Kier molecular flexibility index (Phi) is 3.40. The SMILES string of the molecule is Cc1cc(N2CCCC2)ncc1[C@H]1CCCN1C=O. The Morgan fingerprint density at radius 2 is 2.05 bits per heavy atom. The summed E-state index contributed by atoms with van der Waals surface area (Å²) >= 11 is 0. The van der Waals surface area contributed by atoms with Gasteiger partial charge in [0.15, 0.2) is 0 Å². The molecule has 2 fully saturated rings. The van der Waals surface area contributed by atoms with E-state index < -0.39 is 0 Å². The highest BCUT2D eigenvalue weighted by atomic mass is 16.1. The molecule has 0 aromatic carbocycles. The summed E-state index contributed by atoms with van der Waals surface area (Å²) in [5.74, 6) is 1.09. The molecule has 0 spiro atoms. The normalized spacial score (nSPS) is 23.1. The number of aryl methyl sites for hydroxylation is 1. The average molecular weight is 259 g/mol. The third-order valence-corrected chi connectivity index (χ3v) is 4.36. The highest BCUT2D eigenvalue weighted by Crippen LogP contribution is 2.33. The van der Waals surface area contributed by atoms with E-state index in [0.29, 0.717) is 0 Å². The molecule has 1 aromatic rings. The first-order chi connectivity index (χ1) is 9.29. The molecule has 0 bridgehead atoms. The maximum absolute atomic E-state index is 11.1. The van der Waals surface area contributed by atoms with Crippen LogP contribution in [-0.4, -0.2) is 35.9 Å². The maximum atomic E-state index is 11.1. The lowest BCUT2D eigenvalue weighted by Gasteiger charge is -2.23. The molecular weight excluding hydrogens is 238 g/mol. The van der Waals surface area contributed by atoms with Crippen LogP contribution < -0.4 is 4.90 Å². The molecule has 0 radical (unpaired) electrons. The smallest absolute Gasteiger partial charge is 0.210 e. The topological polar surface area (TPSA) is 36.4 Å². The van der Waals surface area contributed by atoms with Crippen molar-refractivity contribution < 1.29 is 4.79 Å². The fourth-order valence-electron chi connectivity index (χ4n) is 3.27. The molecule has 1 atom stereocenters. The number of hydrogen-bond donors (Lipinski definition) is 0. The predicted octanol–water partition coefficient (Wildman–Crippen LogP) is 2.28. The molecule has 3 rings (SSSR count). The molecule has 102 valence electrons. The Labute approximate surface area is 114 Å². The molecule has 3 heterocycles. The van der Waals surface area contributed by atoms with Gasteiger partial charge in [0.1, 0.15) is 5.82 Å². The lowest BCUT2D eigenvalue weighted by molar-refractivity contribution is -0.118. The Morgan fingerprint density at radius 1 is 1.26 bits per heavy atom. The number of likely N-dealkylation sites (tertiary alicyclic amines) is 1. The van der Waals surface area contributed by atoms with Crippen LogP contribution in [0.2, 0.25) is 0 Å². The van der Waals surface area contributed by atoms with Gasteiger partial charge in [-0.25, -0.2) is 4.98 Å². The first-order valence-corrected chi connectivity index (χ1v) is 7.22. The zero-order valence-corrected chi connectivity index (χ0v) is 11.5. The lowest BCUT2D eigenvalue weighted by Crippen LogP contribution is -2.23. The summed E-state index contributed by atoms with van der Waals surface area (Å²) in [7, 11) is 0. The summed E-state index contributed by atoms with van der Waals surface area (Å²) in [6.45, 7) is 5.25. The van der Waals surface area contributed by atoms with Crippen molar-refractivity contribution in [2.75, 3.05) is 24.5 Å². The van der Waals surface area contributed by atoms with Crippen LogP contribution >= 0.6 is 0 Å². The molecule has 0 N–H and O–H groups in total. The van der Waals surface area contributed by atoms with Crippen LogP contribution in [0.1, 0.15) is 42.9 Å². The zero-order valence-electron chi connectivity index (χ0n) is 11.5. The van der Waals surface area contributed by atoms with Gasteiger partial charge in [-0.15, -0.1) is 0 Å². The minimum atomic E-state index is 0.234. The Bertz CT molecular complexity index is 468. The highest BCUT2D eigenvalue weighted by molar-refractivity contribution is 5.51. The average Bonchev–Trinajstić information content (AvgIpc) is 3.09. The molecule has 2 aliphatic rings. The summed E-state index contributed by atoms with van der Waals surface area (Å²) < 4.78 is 0. The quantitative estimate of drug-likeness (QED) is 0.781. The van der Waals surface area contributed by atoms with Gasteiger partial charge in [0.05, 0.1) is 6.04 Å². The van der Waals surface area contributed by atoms with Crippen LogP contribution in [0.3, 0.4) is 0 Å². The second-order valence-electron chi connectivity index (χ2n) is 5.59. The molecule has 19 heavy (non-hydrogen) atoms. The molecule has 4 heteroatoms. The zero-order chi connectivity index (χ0) is 13.2. The van der Waals surface area contributed by atoms with Gasteiger partial charge in [-0.05, 0) is 49.8 Å². The van der Waals surface area contributed by atoms with Crippen molar-refractivity contribution in [2.45, 2.75) is 38.6 Å². The predicted molar refractivity (Wildman–Crippen MR) is 75.2 cm³/mol. The van der Waals surface area contributed by atoms with E-state index in [1.54, 1.807) is 0 Å². The fraction of sp³-hybridized carbons (Fsp3) is 0.600. The standard InChI is InChI=1S/C15H21N3O/c1-12-9-15(17-6-2-3-7-17)16-10-13(12)14-5-4-8-18(14)11-19/h9-11,14H,2-8H2,1H3/t14-/m1/s1. The second kappa shape index (κ2) is 5.19. The third kappa shape index (κ3) is 2.31. The third-order valence-electron chi connectivity index (χ3n) is 4.36. The van der Waals surface area contributed by atoms with Crippen molar-refractivity contribution in [3.63, 3.8) is 0 Å². The number of carbonyl (C=O) groups is 1. The minimum absolute atomic E-state index is 0.234. The monoisotopic (exact) mass is 259 g/mol. The van der Waals surface area contributed by atoms with Crippen molar-refractivity contribution >= 4 is 12.2 Å². The van der Waals surface area contributed by atoms with Crippen molar-refractivity contribution in [2.24, 2.45) is 0 Å². The van der Waals surface area contributed by atoms with Gasteiger partial charge >= 0.3 is 0 Å². The number of pyridine rings is 1. The number of carbonyl (C=O) groups excluding carboxylic acids is 1. The van der Waals surface area contributed by atoms with E-state index in [2.05, 4.69) is 22.9 Å². The van der Waals surface area contributed by atoms with Crippen molar-refractivity contribution in [3.05, 3.63) is 23.4 Å². The summed E-state index contributed by atoms with van der Waals surface area (Å²) in [6, 6.07) is 2.42. The van der Waals surface area contributed by atoms with Gasteiger partial charge in [-0.1, -0.05) is 0 Å². The van der Waals surface area contributed by atoms with Crippen molar-refractivity contribution in [3.8, 4) is 0 Å². The number of rotatable bonds is 3. The van der Waals surface area contributed by atoms with Crippen LogP contribution in [0.15, 0.2) is 12.3 Å². The molecule has 0 saturated carbocycles. The highest BCUT2D eigenvalue weighted by Gasteiger charge is 2.26. The lowest BCUT2D eigenvalue weighted by atomic mass is 10.0. The van der Waals surface area contributed by atoms with E-state index in [1.807, 2.05) is 11.1 Å². The van der Waals surface area contributed by atoms with Gasteiger partial charge in [0.25, 0.3) is 0 Å². The van der Waals surface area contributed by atoms with Crippen molar-refractivity contribution in [1.82, 2.24) is 9.88 Å². The van der Waals surface area contributed by atoms with Crippen LogP contribution in [0.5, 0.6) is 0 Å². The molecule has 2 saturated heterocycles. The van der Waals surface area contributed by atoms with Crippen molar-refractivity contribution in [1.29, 1.82) is 0 Å². The van der Waals surface area contributed by atoms with Crippen LogP contribution in [0.4, 0.5) is 5.82 Å². The summed E-state index contributed by atoms with van der Waals surface area (Å²) in [5.41, 5.74) is 2.48. The van der Waals surface area contributed by atoms with Gasteiger partial charge < -0.3 is 9.80 Å². The number of anilines is 1. The van der Waals surface area contributed by atoms with Gasteiger partial charge in [0.2, 0.25) is 6.41 Å². The fourth-order valence-corrected chi connectivity index (χ4v) is 3.27. The first-order valence-electron chi connectivity index (χ1n) is 7.22. The Morgan fingerprint density at radius 3 is 2.74 bits per heavy atom. The Hall–Kier alpha value is -1.58. The number of amides is 1. The van der Waals surface area contributed by atoms with E-state index in [1.165, 1.54) is 24.0 Å². The van der Waals surface area contributed by atoms with Crippen LogP contribution in [0.25, 0.3) is 0 Å². The molecular formula is C15H21N3O. The van der Waals surface area contributed by atoms with E-state index in [-0.39, 0.29) is 6.04 Å². The van der Waals surface area contributed by atoms with E-state index >= 15 is 0 Å². The molecule has 0 aliphatic carbocycles. The largest absolute Gasteiger partial charge is 0.357 e. The summed E-state index contributed by atoms with van der Waals surface area (Å²) in [4.78, 5) is 19.9. The van der Waals surface area contributed by atoms with Crippen LogP contribution in [-0.2, 0) is 4.79 Å². The van der Waals surface area contributed by atoms with Gasteiger partial charge in [-0.2, -0.15) is 0 Å². The molecule has 1 aromatic heterocycles. The van der Waals surface area contributed by atoms with Gasteiger partial charge in [0, 0.05) is 25.8 Å². The summed E-state index contributed by atoms with van der Waals surface area (Å²) in [5, 5.41) is 0. The minimum Gasteiger partial charge on any atom is -0.357 e. The number of hydrogen-bond acceptors (Lipinski definition) is 3. The van der Waals surface area contributed by atoms with E-state index in [9.17, 15) is 4.79 Å². The van der Waals surface area contributed by atoms with Crippen LogP contribution in [0, 0.1) is 6.92 Å². The van der Waals surface area contributed by atoms with Gasteiger partial charge in [-0.3, -0.25) is 4.79 Å². The molecule has 0 unspecified atom stereocenters. The van der Waals surface area contributed by atoms with E-state index in [4.69, 9.17) is 0 Å². The number of aromatic nitrogens is 1. The molecule has 4 nitrogen and oxygen atoms in total. The number of nitrogens with zero attached hydrogens (tertiary/aromatic N) is 3. The molecule has 2 aliphatic heterocycles. The maximum Gasteiger partial charge on any atom is 0.210 e. The Balaban J connectivity index is 1.84. The molecule has 1 amide bonds. The first kappa shape index (κ1) is 12.5. The van der Waals surface area contributed by atoms with E-state index in [0.717, 1.165) is 44.7 Å². The summed E-state index contributed by atoms with van der Waals surface area (Å²) in [6.07, 6.45) is 7.65. The second-order valence-corrected chi connectivity index (χ2v) is 5.59.